The Bertz CT molecular complexity index is 1060. The van der Waals surface area contributed by atoms with E-state index in [0.717, 1.165) is 29.7 Å². The van der Waals surface area contributed by atoms with Crippen LogP contribution in [0, 0.1) is 11.8 Å². The zero-order valence-electron chi connectivity index (χ0n) is 17.1. The van der Waals surface area contributed by atoms with Gasteiger partial charge in [-0.05, 0) is 36.4 Å². The number of anilines is 1. The van der Waals surface area contributed by atoms with Crippen molar-refractivity contribution in [2.24, 2.45) is 11.8 Å². The molecule has 5 nitrogen and oxygen atoms in total. The van der Waals surface area contributed by atoms with Gasteiger partial charge in [0.2, 0.25) is 11.8 Å². The molecular formula is C24H24N2O3S. The summed E-state index contributed by atoms with van der Waals surface area (Å²) in [5, 5.41) is 1.88. The SMILES string of the molecule is CCCCN1C(=O)[C@@H]2[C@H](C1=O)[C@H](C(=O)c1cccs1)N1c3ccccc3C(C)=C[C@H]21. The van der Waals surface area contributed by atoms with Crippen molar-refractivity contribution in [1.82, 2.24) is 4.90 Å². The molecular weight excluding hydrogens is 396 g/mol. The molecule has 0 bridgehead atoms. The Morgan fingerprint density at radius 2 is 1.83 bits per heavy atom. The highest BCUT2D eigenvalue weighted by atomic mass is 32.1. The van der Waals surface area contributed by atoms with Crippen LogP contribution >= 0.6 is 11.3 Å². The number of para-hydroxylation sites is 1. The van der Waals surface area contributed by atoms with Crippen molar-refractivity contribution in [3.05, 3.63) is 58.3 Å². The summed E-state index contributed by atoms with van der Waals surface area (Å²) in [6.45, 7) is 4.52. The minimum Gasteiger partial charge on any atom is -0.352 e. The number of carbonyl (C=O) groups excluding carboxylic acids is 3. The highest BCUT2D eigenvalue weighted by molar-refractivity contribution is 7.12. The molecule has 0 saturated carbocycles. The molecule has 0 aliphatic carbocycles. The predicted molar refractivity (Wildman–Crippen MR) is 117 cm³/mol. The number of ketones is 1. The summed E-state index contributed by atoms with van der Waals surface area (Å²) in [6.07, 6.45) is 3.77. The molecule has 0 N–H and O–H groups in total. The number of allylic oxidation sites excluding steroid dienone is 1. The van der Waals surface area contributed by atoms with Gasteiger partial charge in [0, 0.05) is 17.8 Å². The van der Waals surface area contributed by atoms with Crippen molar-refractivity contribution in [3.8, 4) is 0 Å². The van der Waals surface area contributed by atoms with E-state index in [2.05, 4.69) is 6.08 Å². The fourth-order valence-corrected chi connectivity index (χ4v) is 5.96. The number of rotatable bonds is 5. The van der Waals surface area contributed by atoms with E-state index in [1.165, 1.54) is 16.2 Å². The van der Waals surface area contributed by atoms with E-state index >= 15 is 0 Å². The van der Waals surface area contributed by atoms with Crippen LogP contribution in [0.2, 0.25) is 0 Å². The number of amides is 2. The van der Waals surface area contributed by atoms with Gasteiger partial charge in [-0.15, -0.1) is 11.3 Å². The summed E-state index contributed by atoms with van der Waals surface area (Å²) in [7, 11) is 0. The second-order valence-electron chi connectivity index (χ2n) is 8.28. The van der Waals surface area contributed by atoms with Gasteiger partial charge in [0.1, 0.15) is 6.04 Å². The molecule has 0 spiro atoms. The molecule has 0 radical (unpaired) electrons. The second kappa shape index (κ2) is 7.20. The number of benzene rings is 1. The molecule has 2 fully saturated rings. The molecule has 2 amide bonds. The van der Waals surface area contributed by atoms with E-state index in [4.69, 9.17) is 0 Å². The van der Waals surface area contributed by atoms with Crippen LogP contribution in [0.5, 0.6) is 0 Å². The van der Waals surface area contributed by atoms with Crippen LogP contribution < -0.4 is 4.90 Å². The zero-order chi connectivity index (χ0) is 21.0. The fraction of sp³-hybridized carbons (Fsp3) is 0.375. The van der Waals surface area contributed by atoms with Gasteiger partial charge in [-0.25, -0.2) is 0 Å². The molecule has 6 heteroatoms. The van der Waals surface area contributed by atoms with Crippen LogP contribution in [0.1, 0.15) is 41.9 Å². The third kappa shape index (κ3) is 2.63. The number of imide groups is 1. The van der Waals surface area contributed by atoms with Gasteiger partial charge in [-0.2, -0.15) is 0 Å². The topological polar surface area (TPSA) is 57.7 Å². The molecule has 4 atom stereocenters. The quantitative estimate of drug-likeness (QED) is 0.542. The van der Waals surface area contributed by atoms with Gasteiger partial charge in [0.25, 0.3) is 0 Å². The molecule has 30 heavy (non-hydrogen) atoms. The smallest absolute Gasteiger partial charge is 0.235 e. The number of likely N-dealkylation sites (tertiary alicyclic amines) is 1. The Morgan fingerprint density at radius 3 is 2.57 bits per heavy atom. The normalized spacial score (nSPS) is 27.1. The third-order valence-electron chi connectivity index (χ3n) is 6.61. The van der Waals surface area contributed by atoms with Crippen molar-refractivity contribution >= 4 is 40.2 Å². The molecule has 3 aliphatic heterocycles. The number of Topliss-reactive ketones (excluding diaryl/α,β-unsaturated/α-hetero) is 1. The Morgan fingerprint density at radius 1 is 1.07 bits per heavy atom. The van der Waals surface area contributed by atoms with Gasteiger partial charge < -0.3 is 4.90 Å². The lowest BCUT2D eigenvalue weighted by Gasteiger charge is -2.37. The van der Waals surface area contributed by atoms with Gasteiger partial charge in [-0.3, -0.25) is 19.3 Å². The number of carbonyl (C=O) groups is 3. The first-order chi connectivity index (χ1) is 14.5. The lowest BCUT2D eigenvalue weighted by Crippen LogP contribution is -2.49. The number of nitrogens with zero attached hydrogens (tertiary/aromatic N) is 2. The number of unbranched alkanes of at least 4 members (excludes halogenated alkanes) is 1. The molecule has 5 rings (SSSR count). The second-order valence-corrected chi connectivity index (χ2v) is 9.23. The molecule has 2 saturated heterocycles. The largest absolute Gasteiger partial charge is 0.352 e. The molecule has 1 aromatic heterocycles. The maximum Gasteiger partial charge on any atom is 0.235 e. The Labute approximate surface area is 180 Å². The maximum absolute atomic E-state index is 13.6. The summed E-state index contributed by atoms with van der Waals surface area (Å²) in [4.78, 5) is 44.5. The molecule has 0 unspecified atom stereocenters. The van der Waals surface area contributed by atoms with Crippen LogP contribution in [0.15, 0.2) is 47.9 Å². The van der Waals surface area contributed by atoms with E-state index in [1.54, 1.807) is 0 Å². The number of thiophene rings is 1. The first kappa shape index (κ1) is 19.2. The van der Waals surface area contributed by atoms with E-state index < -0.39 is 17.9 Å². The Kier molecular flexibility index (Phi) is 4.62. The van der Waals surface area contributed by atoms with E-state index in [0.29, 0.717) is 11.4 Å². The van der Waals surface area contributed by atoms with Crippen LogP contribution in [-0.2, 0) is 9.59 Å². The summed E-state index contributed by atoms with van der Waals surface area (Å²) in [5.74, 6) is -1.52. The average Bonchev–Trinajstić information content (AvgIpc) is 3.44. The number of hydrogen-bond donors (Lipinski definition) is 0. The lowest BCUT2D eigenvalue weighted by molar-refractivity contribution is -0.140. The lowest BCUT2D eigenvalue weighted by atomic mass is 9.86. The summed E-state index contributed by atoms with van der Waals surface area (Å²) in [6, 6.07) is 10.7. The number of fused-ring (bicyclic) bond motifs is 5. The van der Waals surface area contributed by atoms with E-state index in [1.807, 2.05) is 60.5 Å². The van der Waals surface area contributed by atoms with Gasteiger partial charge in [-0.1, -0.05) is 43.7 Å². The van der Waals surface area contributed by atoms with Gasteiger partial charge >= 0.3 is 0 Å². The van der Waals surface area contributed by atoms with Crippen LogP contribution in [0.4, 0.5) is 5.69 Å². The van der Waals surface area contributed by atoms with Crippen LogP contribution in [-0.4, -0.2) is 41.1 Å². The Hall–Kier alpha value is -2.73. The Balaban J connectivity index is 1.65. The zero-order valence-corrected chi connectivity index (χ0v) is 17.9. The molecule has 154 valence electrons. The standard InChI is InChI=1S/C24H24N2O3S/c1-3-4-11-25-23(28)19-17-13-14(2)15-8-5-6-9-16(15)26(17)21(20(19)24(25)29)22(27)18-10-7-12-30-18/h5-10,12-13,17,19-21H,3-4,11H2,1-2H3/t17-,19+,20+,21-/m1/s1. The van der Waals surface area contributed by atoms with Crippen molar-refractivity contribution in [2.45, 2.75) is 38.8 Å². The number of hydrogen-bond acceptors (Lipinski definition) is 5. The van der Waals surface area contributed by atoms with Crippen LogP contribution in [0.25, 0.3) is 5.57 Å². The third-order valence-corrected chi connectivity index (χ3v) is 7.50. The summed E-state index contributed by atoms with van der Waals surface area (Å²) in [5.41, 5.74) is 3.08. The predicted octanol–water partition coefficient (Wildman–Crippen LogP) is 4.01. The molecule has 1 aromatic carbocycles. The van der Waals surface area contributed by atoms with Crippen molar-refractivity contribution in [2.75, 3.05) is 11.4 Å². The van der Waals surface area contributed by atoms with E-state index in [-0.39, 0.29) is 23.6 Å². The monoisotopic (exact) mass is 420 g/mol. The fourth-order valence-electron chi connectivity index (χ4n) is 5.26. The average molecular weight is 421 g/mol. The maximum atomic E-state index is 13.6. The summed E-state index contributed by atoms with van der Waals surface area (Å²) < 4.78 is 0. The van der Waals surface area contributed by atoms with Crippen molar-refractivity contribution in [1.29, 1.82) is 0 Å². The highest BCUT2D eigenvalue weighted by Crippen LogP contribution is 2.50. The van der Waals surface area contributed by atoms with E-state index in [9.17, 15) is 14.4 Å². The highest BCUT2D eigenvalue weighted by Gasteiger charge is 2.64. The minimum absolute atomic E-state index is 0.0660. The molecule has 3 aliphatic rings. The molecule has 2 aromatic rings. The van der Waals surface area contributed by atoms with Crippen molar-refractivity contribution < 1.29 is 14.4 Å². The van der Waals surface area contributed by atoms with Gasteiger partial charge in [0.15, 0.2) is 5.78 Å². The van der Waals surface area contributed by atoms with Crippen LogP contribution in [0.3, 0.4) is 0 Å². The van der Waals surface area contributed by atoms with Gasteiger partial charge in [0.05, 0.1) is 22.8 Å². The van der Waals surface area contributed by atoms with Crippen molar-refractivity contribution in [3.63, 3.8) is 0 Å². The molecule has 4 heterocycles. The summed E-state index contributed by atoms with van der Waals surface area (Å²) >= 11 is 1.39. The first-order valence-corrected chi connectivity index (χ1v) is 11.4. The minimum atomic E-state index is -0.660. The first-order valence-electron chi connectivity index (χ1n) is 10.5.